The van der Waals surface area contributed by atoms with Crippen LogP contribution in [0.4, 0.5) is 0 Å². The van der Waals surface area contributed by atoms with Crippen LogP contribution < -0.4 is 4.74 Å². The Kier molecular flexibility index (Phi) is 12.7. The minimum Gasteiger partial charge on any atom is -0.493 e. The number of hydrogen-bond donors (Lipinski definition) is 0. The van der Waals surface area contributed by atoms with Crippen LogP contribution in [0.3, 0.4) is 0 Å². The average molecular weight is 319 g/mol. The summed E-state index contributed by atoms with van der Waals surface area (Å²) in [5.41, 5.74) is 1.40. The second kappa shape index (κ2) is 14.6. The van der Waals surface area contributed by atoms with E-state index in [9.17, 15) is 0 Å². The summed E-state index contributed by atoms with van der Waals surface area (Å²) in [7, 11) is 0. The first-order chi connectivity index (χ1) is 11.4. The van der Waals surface area contributed by atoms with Crippen molar-refractivity contribution >= 4 is 0 Å². The molecule has 0 fully saturated rings. The maximum atomic E-state index is 6.04. The van der Waals surface area contributed by atoms with Gasteiger partial charge in [0.2, 0.25) is 0 Å². The van der Waals surface area contributed by atoms with Crippen LogP contribution in [0.2, 0.25) is 0 Å². The van der Waals surface area contributed by atoms with Crippen LogP contribution in [0.15, 0.2) is 24.3 Å². The molecule has 0 spiro atoms. The van der Waals surface area contributed by atoms with E-state index in [0.717, 1.165) is 12.4 Å². The van der Waals surface area contributed by atoms with Crippen molar-refractivity contribution < 1.29 is 4.74 Å². The fourth-order valence-corrected chi connectivity index (χ4v) is 3.01. The zero-order valence-electron chi connectivity index (χ0n) is 15.6. The van der Waals surface area contributed by atoms with Gasteiger partial charge in [-0.25, -0.2) is 0 Å². The van der Waals surface area contributed by atoms with Gasteiger partial charge in [-0.1, -0.05) is 96.3 Å². The highest BCUT2D eigenvalue weighted by Crippen LogP contribution is 2.21. The Bertz CT molecular complexity index is 372. The molecule has 1 aromatic rings. The Hall–Kier alpha value is -0.980. The van der Waals surface area contributed by atoms with Gasteiger partial charge in [-0.2, -0.15) is 0 Å². The summed E-state index contributed by atoms with van der Waals surface area (Å²) in [5, 5.41) is 0. The van der Waals surface area contributed by atoms with Gasteiger partial charge in [0.05, 0.1) is 6.61 Å². The van der Waals surface area contributed by atoms with Crippen LogP contribution in [-0.4, -0.2) is 6.61 Å². The van der Waals surface area contributed by atoms with E-state index in [1.165, 1.54) is 89.0 Å². The van der Waals surface area contributed by atoms with Crippen molar-refractivity contribution in [3.05, 3.63) is 29.8 Å². The minimum atomic E-state index is 0.875. The molecule has 0 aliphatic carbocycles. The molecule has 0 saturated heterocycles. The quantitative estimate of drug-likeness (QED) is 0.308. The smallest absolute Gasteiger partial charge is 0.122 e. The molecule has 1 rings (SSSR count). The van der Waals surface area contributed by atoms with E-state index in [1.54, 1.807) is 0 Å². The Balaban J connectivity index is 2.17. The first kappa shape index (κ1) is 20.1. The van der Waals surface area contributed by atoms with Gasteiger partial charge in [-0.15, -0.1) is 0 Å². The first-order valence-electron chi connectivity index (χ1n) is 10.1. The molecule has 0 aliphatic heterocycles. The van der Waals surface area contributed by atoms with Gasteiger partial charge in [0.15, 0.2) is 0 Å². The lowest BCUT2D eigenvalue weighted by Gasteiger charge is -2.11. The third-order valence-corrected chi connectivity index (χ3v) is 4.53. The number of benzene rings is 1. The van der Waals surface area contributed by atoms with Gasteiger partial charge in [0.1, 0.15) is 5.75 Å². The zero-order chi connectivity index (χ0) is 16.6. The number of hydrogen-bond acceptors (Lipinski definition) is 1. The summed E-state index contributed by atoms with van der Waals surface area (Å²) >= 11 is 0. The van der Waals surface area contributed by atoms with Crippen molar-refractivity contribution in [2.45, 2.75) is 97.3 Å². The predicted octanol–water partition coefficient (Wildman–Crippen LogP) is 7.33. The lowest BCUT2D eigenvalue weighted by molar-refractivity contribution is 0.301. The summed E-state index contributed by atoms with van der Waals surface area (Å²) in [6.45, 7) is 5.42. The molecule has 0 unspecified atom stereocenters. The average Bonchev–Trinajstić information content (AvgIpc) is 2.58. The Morgan fingerprint density at radius 1 is 0.652 bits per heavy atom. The van der Waals surface area contributed by atoms with E-state index < -0.39 is 0 Å². The molecule has 0 aromatic heterocycles. The summed E-state index contributed by atoms with van der Waals surface area (Å²) in [5.74, 6) is 1.12. The minimum absolute atomic E-state index is 0.875. The fourth-order valence-electron chi connectivity index (χ4n) is 3.01. The standard InChI is InChI=1S/C22H38O/c1-3-5-7-9-11-13-17-21-18-14-15-19-22(21)23-20-16-12-10-8-6-4-2/h14-15,18-19H,3-13,16-17,20H2,1-2H3. The highest BCUT2D eigenvalue weighted by Gasteiger charge is 2.03. The second-order valence-corrected chi connectivity index (χ2v) is 6.74. The Morgan fingerprint density at radius 2 is 1.22 bits per heavy atom. The van der Waals surface area contributed by atoms with Crippen molar-refractivity contribution in [2.24, 2.45) is 0 Å². The first-order valence-corrected chi connectivity index (χ1v) is 10.1. The molecule has 1 nitrogen and oxygen atoms in total. The van der Waals surface area contributed by atoms with E-state index in [4.69, 9.17) is 4.74 Å². The van der Waals surface area contributed by atoms with Gasteiger partial charge in [0.25, 0.3) is 0 Å². The summed E-state index contributed by atoms with van der Waals surface area (Å²) in [6.07, 6.45) is 17.2. The summed E-state index contributed by atoms with van der Waals surface area (Å²) in [4.78, 5) is 0. The Morgan fingerprint density at radius 3 is 1.91 bits per heavy atom. The largest absolute Gasteiger partial charge is 0.493 e. The molecular weight excluding hydrogens is 280 g/mol. The van der Waals surface area contributed by atoms with Crippen LogP contribution in [0.5, 0.6) is 5.75 Å². The number of para-hydroxylation sites is 1. The maximum Gasteiger partial charge on any atom is 0.122 e. The number of aryl methyl sites for hydroxylation is 1. The van der Waals surface area contributed by atoms with Gasteiger partial charge in [0, 0.05) is 0 Å². The number of unbranched alkanes of at least 4 members (excludes halogenated alkanes) is 10. The fraction of sp³-hybridized carbons (Fsp3) is 0.727. The number of ether oxygens (including phenoxy) is 1. The van der Waals surface area contributed by atoms with Crippen LogP contribution in [0, 0.1) is 0 Å². The molecule has 0 N–H and O–H groups in total. The molecule has 23 heavy (non-hydrogen) atoms. The van der Waals surface area contributed by atoms with Crippen LogP contribution in [-0.2, 0) is 6.42 Å². The van der Waals surface area contributed by atoms with Gasteiger partial charge in [-0.3, -0.25) is 0 Å². The van der Waals surface area contributed by atoms with E-state index in [1.807, 2.05) is 0 Å². The SMILES string of the molecule is CCCCCCCCOc1ccccc1CCCCCCCC. The molecular formula is C22H38O. The third kappa shape index (κ3) is 10.4. The van der Waals surface area contributed by atoms with Gasteiger partial charge in [-0.05, 0) is 30.9 Å². The molecule has 1 aromatic carbocycles. The van der Waals surface area contributed by atoms with Crippen LogP contribution >= 0.6 is 0 Å². The molecule has 0 heterocycles. The maximum absolute atomic E-state index is 6.04. The summed E-state index contributed by atoms with van der Waals surface area (Å²) < 4.78 is 6.04. The monoisotopic (exact) mass is 318 g/mol. The van der Waals surface area contributed by atoms with Gasteiger partial charge >= 0.3 is 0 Å². The predicted molar refractivity (Wildman–Crippen MR) is 102 cm³/mol. The topological polar surface area (TPSA) is 9.23 Å². The van der Waals surface area contributed by atoms with Gasteiger partial charge < -0.3 is 4.74 Å². The van der Waals surface area contributed by atoms with Crippen molar-refractivity contribution in [3.63, 3.8) is 0 Å². The lowest BCUT2D eigenvalue weighted by Crippen LogP contribution is -2.00. The third-order valence-electron chi connectivity index (χ3n) is 4.53. The van der Waals surface area contributed by atoms with E-state index in [2.05, 4.69) is 38.1 Å². The second-order valence-electron chi connectivity index (χ2n) is 6.74. The summed E-state index contributed by atoms with van der Waals surface area (Å²) in [6, 6.07) is 8.62. The Labute approximate surface area is 144 Å². The normalized spacial score (nSPS) is 10.9. The van der Waals surface area contributed by atoms with Crippen molar-refractivity contribution in [2.75, 3.05) is 6.61 Å². The molecule has 0 saturated carbocycles. The van der Waals surface area contributed by atoms with Crippen molar-refractivity contribution in [1.29, 1.82) is 0 Å². The number of rotatable bonds is 15. The molecule has 0 amide bonds. The molecule has 0 atom stereocenters. The molecule has 0 bridgehead atoms. The lowest BCUT2D eigenvalue weighted by atomic mass is 10.0. The molecule has 132 valence electrons. The molecule has 0 aliphatic rings. The van der Waals surface area contributed by atoms with E-state index >= 15 is 0 Å². The molecule has 1 heteroatoms. The highest BCUT2D eigenvalue weighted by molar-refractivity contribution is 5.33. The van der Waals surface area contributed by atoms with Crippen LogP contribution in [0.25, 0.3) is 0 Å². The van der Waals surface area contributed by atoms with Crippen molar-refractivity contribution in [1.82, 2.24) is 0 Å². The molecule has 0 radical (unpaired) electrons. The van der Waals surface area contributed by atoms with E-state index in [0.29, 0.717) is 0 Å². The van der Waals surface area contributed by atoms with E-state index in [-0.39, 0.29) is 0 Å². The zero-order valence-corrected chi connectivity index (χ0v) is 15.6. The highest BCUT2D eigenvalue weighted by atomic mass is 16.5. The van der Waals surface area contributed by atoms with Crippen LogP contribution in [0.1, 0.15) is 96.5 Å². The van der Waals surface area contributed by atoms with Crippen molar-refractivity contribution in [3.8, 4) is 5.75 Å².